The zero-order chi connectivity index (χ0) is 7.82. The minimum atomic E-state index is 0.140. The highest BCUT2D eigenvalue weighted by atomic mass is 16.3. The maximum atomic E-state index is 8.54. The summed E-state index contributed by atoms with van der Waals surface area (Å²) in [4.78, 5) is 0. The number of aliphatic hydroxyl groups is 1. The summed E-state index contributed by atoms with van der Waals surface area (Å²) in [5.41, 5.74) is 0.965. The van der Waals surface area contributed by atoms with E-state index < -0.39 is 0 Å². The van der Waals surface area contributed by atoms with Crippen molar-refractivity contribution in [1.29, 1.82) is 5.41 Å². The topological polar surface area (TPSA) is 44.1 Å². The molecule has 0 aliphatic rings. The molecule has 1 rings (SSSR count). The molecule has 2 N–H and O–H groups in total. The summed E-state index contributed by atoms with van der Waals surface area (Å²) in [5.74, 6) is 0. The van der Waals surface area contributed by atoms with Crippen molar-refractivity contribution in [2.75, 3.05) is 0 Å². The molecule has 0 spiro atoms. The largest absolute Gasteiger partial charge is 0.392 e. The van der Waals surface area contributed by atoms with Gasteiger partial charge >= 0.3 is 0 Å². The SMILES string of the molecule is C=N.OCc1ccccc1. The summed E-state index contributed by atoms with van der Waals surface area (Å²) in [7, 11) is 0. The van der Waals surface area contributed by atoms with Crippen LogP contribution < -0.4 is 0 Å². The maximum absolute atomic E-state index is 8.54. The van der Waals surface area contributed by atoms with E-state index in [9.17, 15) is 0 Å². The van der Waals surface area contributed by atoms with Gasteiger partial charge in [0, 0.05) is 0 Å². The lowest BCUT2D eigenvalue weighted by Gasteiger charge is -1.89. The van der Waals surface area contributed by atoms with Crippen LogP contribution in [0.1, 0.15) is 5.56 Å². The van der Waals surface area contributed by atoms with E-state index in [2.05, 4.69) is 6.72 Å². The van der Waals surface area contributed by atoms with Crippen LogP contribution in [0.25, 0.3) is 0 Å². The minimum Gasteiger partial charge on any atom is -0.392 e. The van der Waals surface area contributed by atoms with E-state index in [4.69, 9.17) is 10.5 Å². The molecule has 0 aliphatic carbocycles. The first-order chi connectivity index (χ1) is 4.93. The first kappa shape index (κ1) is 8.85. The van der Waals surface area contributed by atoms with Gasteiger partial charge in [-0.15, -0.1) is 0 Å². The Labute approximate surface area is 60.6 Å². The van der Waals surface area contributed by atoms with Crippen LogP contribution in [0.5, 0.6) is 0 Å². The number of hydrogen-bond acceptors (Lipinski definition) is 2. The fourth-order valence-corrected chi connectivity index (χ4v) is 0.583. The van der Waals surface area contributed by atoms with Crippen LogP contribution in [0.2, 0.25) is 0 Å². The van der Waals surface area contributed by atoms with E-state index in [-0.39, 0.29) is 6.61 Å². The van der Waals surface area contributed by atoms with Gasteiger partial charge in [0.05, 0.1) is 6.61 Å². The maximum Gasteiger partial charge on any atom is 0.0681 e. The Morgan fingerprint density at radius 2 is 1.70 bits per heavy atom. The average Bonchev–Trinajstić information content (AvgIpc) is 2.10. The Hall–Kier alpha value is -1.15. The molecule has 0 saturated heterocycles. The van der Waals surface area contributed by atoms with Crippen LogP contribution in [-0.4, -0.2) is 11.8 Å². The molecule has 0 bridgehead atoms. The van der Waals surface area contributed by atoms with Crippen LogP contribution in [0, 0.1) is 5.41 Å². The highest BCUT2D eigenvalue weighted by Crippen LogP contribution is 1.95. The molecule has 0 saturated carbocycles. The minimum absolute atomic E-state index is 0.140. The van der Waals surface area contributed by atoms with E-state index in [0.29, 0.717) is 0 Å². The molecule has 1 aromatic rings. The van der Waals surface area contributed by atoms with E-state index >= 15 is 0 Å². The van der Waals surface area contributed by atoms with Gasteiger partial charge < -0.3 is 10.5 Å². The average molecular weight is 137 g/mol. The molecule has 2 heteroatoms. The molecule has 0 fully saturated rings. The molecule has 0 unspecified atom stereocenters. The van der Waals surface area contributed by atoms with Crippen molar-refractivity contribution in [2.24, 2.45) is 0 Å². The van der Waals surface area contributed by atoms with E-state index in [1.807, 2.05) is 30.3 Å². The van der Waals surface area contributed by atoms with Gasteiger partial charge in [0.1, 0.15) is 0 Å². The number of rotatable bonds is 1. The summed E-state index contributed by atoms with van der Waals surface area (Å²) in [6.07, 6.45) is 0. The Morgan fingerprint density at radius 1 is 1.20 bits per heavy atom. The molecule has 10 heavy (non-hydrogen) atoms. The van der Waals surface area contributed by atoms with Gasteiger partial charge in [-0.05, 0) is 12.3 Å². The van der Waals surface area contributed by atoms with Crippen LogP contribution in [0.15, 0.2) is 30.3 Å². The molecule has 0 heterocycles. The lowest BCUT2D eigenvalue weighted by atomic mass is 10.2. The number of benzene rings is 1. The van der Waals surface area contributed by atoms with E-state index in [1.165, 1.54) is 0 Å². The molecule has 0 aromatic heterocycles. The van der Waals surface area contributed by atoms with Gasteiger partial charge in [-0.3, -0.25) is 0 Å². The molecule has 0 atom stereocenters. The van der Waals surface area contributed by atoms with Crippen LogP contribution in [0.4, 0.5) is 0 Å². The van der Waals surface area contributed by atoms with Gasteiger partial charge in [-0.25, -0.2) is 0 Å². The third-order valence-corrected chi connectivity index (χ3v) is 1.03. The monoisotopic (exact) mass is 137 g/mol. The summed E-state index contributed by atoms with van der Waals surface area (Å²) in [6, 6.07) is 9.52. The summed E-state index contributed by atoms with van der Waals surface area (Å²) < 4.78 is 0. The third-order valence-electron chi connectivity index (χ3n) is 1.03. The molecule has 1 aromatic carbocycles. The van der Waals surface area contributed by atoms with Gasteiger partial charge in [-0.1, -0.05) is 30.3 Å². The standard InChI is InChI=1S/C7H8O.CH3N/c8-6-7-4-2-1-3-5-7;1-2/h1-5,8H,6H2;2H,1H2. The van der Waals surface area contributed by atoms with Crippen molar-refractivity contribution in [3.8, 4) is 0 Å². The van der Waals surface area contributed by atoms with E-state index in [0.717, 1.165) is 5.56 Å². The van der Waals surface area contributed by atoms with Crippen LogP contribution >= 0.6 is 0 Å². The Morgan fingerprint density at radius 3 is 2.00 bits per heavy atom. The summed E-state index contributed by atoms with van der Waals surface area (Å²) >= 11 is 0. The van der Waals surface area contributed by atoms with Gasteiger partial charge in [0.15, 0.2) is 0 Å². The summed E-state index contributed by atoms with van der Waals surface area (Å²) in [6.45, 7) is 2.64. The Kier molecular flexibility index (Phi) is 5.29. The van der Waals surface area contributed by atoms with Crippen LogP contribution in [0.3, 0.4) is 0 Å². The molecule has 54 valence electrons. The zero-order valence-electron chi connectivity index (χ0n) is 5.75. The fraction of sp³-hybridized carbons (Fsp3) is 0.125. The summed E-state index contributed by atoms with van der Waals surface area (Å²) in [5, 5.41) is 14.0. The van der Waals surface area contributed by atoms with Crippen molar-refractivity contribution >= 4 is 6.72 Å². The van der Waals surface area contributed by atoms with Crippen molar-refractivity contribution in [3.05, 3.63) is 35.9 Å². The lowest BCUT2D eigenvalue weighted by molar-refractivity contribution is 0.282. The highest BCUT2D eigenvalue weighted by molar-refractivity contribution is 5.15. The predicted octanol–water partition coefficient (Wildman–Crippen LogP) is 1.44. The Bertz CT molecular complexity index is 162. The first-order valence-corrected chi connectivity index (χ1v) is 2.93. The second kappa shape index (κ2) is 5.98. The molecule has 0 radical (unpaired) electrons. The van der Waals surface area contributed by atoms with Gasteiger partial charge in [0.2, 0.25) is 0 Å². The van der Waals surface area contributed by atoms with E-state index in [1.54, 1.807) is 0 Å². The van der Waals surface area contributed by atoms with Crippen molar-refractivity contribution in [3.63, 3.8) is 0 Å². The number of aliphatic hydroxyl groups excluding tert-OH is 1. The molecular formula is C8H11NO. The Balaban J connectivity index is 0.000000371. The van der Waals surface area contributed by atoms with Gasteiger partial charge in [0.25, 0.3) is 0 Å². The zero-order valence-corrected chi connectivity index (χ0v) is 5.75. The van der Waals surface area contributed by atoms with Gasteiger partial charge in [-0.2, -0.15) is 0 Å². The second-order valence-electron chi connectivity index (χ2n) is 1.64. The highest BCUT2D eigenvalue weighted by Gasteiger charge is 1.81. The van der Waals surface area contributed by atoms with Crippen molar-refractivity contribution in [1.82, 2.24) is 0 Å². The smallest absolute Gasteiger partial charge is 0.0681 e. The van der Waals surface area contributed by atoms with Crippen LogP contribution in [-0.2, 0) is 6.61 Å². The molecule has 2 nitrogen and oxygen atoms in total. The molecule has 0 aliphatic heterocycles. The van der Waals surface area contributed by atoms with Crippen molar-refractivity contribution in [2.45, 2.75) is 6.61 Å². The first-order valence-electron chi connectivity index (χ1n) is 2.93. The third kappa shape index (κ3) is 2.99. The number of nitrogens with one attached hydrogen (secondary N) is 1. The second-order valence-corrected chi connectivity index (χ2v) is 1.64. The number of hydrogen-bond donors (Lipinski definition) is 2. The lowest BCUT2D eigenvalue weighted by Crippen LogP contribution is -1.77. The normalized spacial score (nSPS) is 7.70. The predicted molar refractivity (Wildman–Crippen MR) is 42.2 cm³/mol. The molecule has 0 amide bonds. The molecular weight excluding hydrogens is 126 g/mol. The fourth-order valence-electron chi connectivity index (χ4n) is 0.583. The van der Waals surface area contributed by atoms with Crippen molar-refractivity contribution < 1.29 is 5.11 Å². The quantitative estimate of drug-likeness (QED) is 0.565.